The SMILES string of the molecule is C[C@H](O)CCC(=O)c1ccoc1. The van der Waals surface area contributed by atoms with Crippen LogP contribution in [0.3, 0.4) is 0 Å². The van der Waals surface area contributed by atoms with Crippen molar-refractivity contribution < 1.29 is 14.3 Å². The first-order valence-corrected chi connectivity index (χ1v) is 3.93. The lowest BCUT2D eigenvalue weighted by atomic mass is 10.1. The second kappa shape index (κ2) is 4.07. The van der Waals surface area contributed by atoms with Gasteiger partial charge in [-0.15, -0.1) is 0 Å². The summed E-state index contributed by atoms with van der Waals surface area (Å²) >= 11 is 0. The molecule has 0 spiro atoms. The Morgan fingerprint density at radius 3 is 3.00 bits per heavy atom. The van der Waals surface area contributed by atoms with Crippen molar-refractivity contribution in [3.8, 4) is 0 Å². The number of hydrogen-bond acceptors (Lipinski definition) is 3. The van der Waals surface area contributed by atoms with Crippen LogP contribution >= 0.6 is 0 Å². The topological polar surface area (TPSA) is 50.4 Å². The highest BCUT2D eigenvalue weighted by molar-refractivity contribution is 5.95. The van der Waals surface area contributed by atoms with Gasteiger partial charge in [-0.05, 0) is 19.4 Å². The molecule has 3 heteroatoms. The maximum atomic E-state index is 11.2. The van der Waals surface area contributed by atoms with Crippen LogP contribution in [0.4, 0.5) is 0 Å². The van der Waals surface area contributed by atoms with Crippen LogP contribution in [0.25, 0.3) is 0 Å². The number of aliphatic hydroxyl groups is 1. The van der Waals surface area contributed by atoms with Gasteiger partial charge < -0.3 is 9.52 Å². The van der Waals surface area contributed by atoms with Crippen LogP contribution in [0.1, 0.15) is 30.1 Å². The van der Waals surface area contributed by atoms with E-state index in [-0.39, 0.29) is 5.78 Å². The molecule has 66 valence electrons. The Hall–Kier alpha value is -1.09. The molecular weight excluding hydrogens is 156 g/mol. The molecule has 0 aromatic carbocycles. The van der Waals surface area contributed by atoms with Crippen molar-refractivity contribution in [3.63, 3.8) is 0 Å². The van der Waals surface area contributed by atoms with Crippen LogP contribution in [-0.2, 0) is 0 Å². The normalized spacial score (nSPS) is 12.8. The molecule has 0 radical (unpaired) electrons. The van der Waals surface area contributed by atoms with Crippen molar-refractivity contribution in [3.05, 3.63) is 24.2 Å². The third kappa shape index (κ3) is 2.51. The fraction of sp³-hybridized carbons (Fsp3) is 0.444. The summed E-state index contributed by atoms with van der Waals surface area (Å²) in [5.74, 6) is 0.0182. The van der Waals surface area contributed by atoms with Crippen molar-refractivity contribution in [2.24, 2.45) is 0 Å². The Kier molecular flexibility index (Phi) is 3.05. The highest BCUT2D eigenvalue weighted by Crippen LogP contribution is 2.07. The molecule has 1 heterocycles. The van der Waals surface area contributed by atoms with Crippen LogP contribution in [0.2, 0.25) is 0 Å². The average molecular weight is 168 g/mol. The lowest BCUT2D eigenvalue weighted by molar-refractivity contribution is 0.0949. The zero-order valence-corrected chi connectivity index (χ0v) is 6.99. The van der Waals surface area contributed by atoms with E-state index in [1.807, 2.05) is 0 Å². The molecule has 0 aliphatic heterocycles. The number of hydrogen-bond donors (Lipinski definition) is 1. The van der Waals surface area contributed by atoms with E-state index in [1.54, 1.807) is 13.0 Å². The molecule has 0 aliphatic carbocycles. The van der Waals surface area contributed by atoms with Crippen molar-refractivity contribution in [1.29, 1.82) is 0 Å². The summed E-state index contributed by atoms with van der Waals surface area (Å²) in [6.07, 6.45) is 3.35. The van der Waals surface area contributed by atoms with Gasteiger partial charge in [0, 0.05) is 6.42 Å². The molecule has 1 rings (SSSR count). The maximum absolute atomic E-state index is 11.2. The maximum Gasteiger partial charge on any atom is 0.166 e. The van der Waals surface area contributed by atoms with Crippen molar-refractivity contribution in [2.45, 2.75) is 25.9 Å². The van der Waals surface area contributed by atoms with Crippen LogP contribution in [-0.4, -0.2) is 17.0 Å². The smallest absolute Gasteiger partial charge is 0.166 e. The lowest BCUT2D eigenvalue weighted by Gasteiger charge is -2.00. The van der Waals surface area contributed by atoms with E-state index in [0.29, 0.717) is 18.4 Å². The molecule has 0 fully saturated rings. The average Bonchev–Trinajstić information content (AvgIpc) is 2.51. The minimum Gasteiger partial charge on any atom is -0.472 e. The van der Waals surface area contributed by atoms with Crippen LogP contribution < -0.4 is 0 Å². The minimum absolute atomic E-state index is 0.0182. The summed E-state index contributed by atoms with van der Waals surface area (Å²) in [6.45, 7) is 1.67. The molecule has 1 atom stereocenters. The molecule has 12 heavy (non-hydrogen) atoms. The van der Waals surface area contributed by atoms with Crippen LogP contribution in [0.15, 0.2) is 23.0 Å². The Balaban J connectivity index is 2.40. The Morgan fingerprint density at radius 2 is 2.50 bits per heavy atom. The van der Waals surface area contributed by atoms with Crippen molar-refractivity contribution >= 4 is 5.78 Å². The predicted octanol–water partition coefficient (Wildman–Crippen LogP) is 1.62. The van der Waals surface area contributed by atoms with E-state index in [1.165, 1.54) is 12.5 Å². The van der Waals surface area contributed by atoms with E-state index < -0.39 is 6.10 Å². The van der Waals surface area contributed by atoms with Crippen molar-refractivity contribution in [2.75, 3.05) is 0 Å². The Morgan fingerprint density at radius 1 is 1.75 bits per heavy atom. The van der Waals surface area contributed by atoms with E-state index in [9.17, 15) is 4.79 Å². The third-order valence-corrected chi connectivity index (χ3v) is 1.63. The number of furan rings is 1. The molecule has 3 nitrogen and oxygen atoms in total. The fourth-order valence-electron chi connectivity index (χ4n) is 0.907. The first-order valence-electron chi connectivity index (χ1n) is 3.93. The standard InChI is InChI=1S/C9H12O3/c1-7(10)2-3-9(11)8-4-5-12-6-8/h4-7,10H,2-3H2,1H3/t7-/m0/s1. The Bertz CT molecular complexity index is 236. The summed E-state index contributed by atoms with van der Waals surface area (Å²) in [7, 11) is 0. The van der Waals surface area contributed by atoms with E-state index in [4.69, 9.17) is 9.52 Å². The summed E-state index contributed by atoms with van der Waals surface area (Å²) in [5.41, 5.74) is 0.579. The van der Waals surface area contributed by atoms with Gasteiger partial charge in [-0.25, -0.2) is 0 Å². The van der Waals surface area contributed by atoms with Crippen molar-refractivity contribution in [1.82, 2.24) is 0 Å². The molecule has 1 N–H and O–H groups in total. The van der Waals surface area contributed by atoms with Gasteiger partial charge >= 0.3 is 0 Å². The first kappa shape index (κ1) is 9.00. The molecule has 0 bridgehead atoms. The number of carbonyl (C=O) groups is 1. The molecule has 1 aromatic rings. The van der Waals surface area contributed by atoms with E-state index in [2.05, 4.69) is 0 Å². The summed E-state index contributed by atoms with van der Waals surface area (Å²) < 4.78 is 4.76. The molecule has 0 saturated heterocycles. The highest BCUT2D eigenvalue weighted by Gasteiger charge is 2.07. The zero-order chi connectivity index (χ0) is 8.97. The van der Waals surface area contributed by atoms with Gasteiger partial charge in [0.05, 0.1) is 17.9 Å². The Labute approximate surface area is 71.0 Å². The van der Waals surface area contributed by atoms with Gasteiger partial charge in [0.2, 0.25) is 0 Å². The molecular formula is C9H12O3. The van der Waals surface area contributed by atoms with Gasteiger partial charge in [0.25, 0.3) is 0 Å². The number of carbonyl (C=O) groups excluding carboxylic acids is 1. The molecule has 0 aliphatic rings. The number of aliphatic hydroxyl groups excluding tert-OH is 1. The summed E-state index contributed by atoms with van der Waals surface area (Å²) in [5, 5.41) is 8.92. The van der Waals surface area contributed by atoms with Crippen LogP contribution in [0, 0.1) is 0 Å². The quantitative estimate of drug-likeness (QED) is 0.695. The van der Waals surface area contributed by atoms with Crippen LogP contribution in [0.5, 0.6) is 0 Å². The molecule has 0 saturated carbocycles. The highest BCUT2D eigenvalue weighted by atomic mass is 16.3. The fourth-order valence-corrected chi connectivity index (χ4v) is 0.907. The van der Waals surface area contributed by atoms with Gasteiger partial charge in [-0.1, -0.05) is 0 Å². The monoisotopic (exact) mass is 168 g/mol. The zero-order valence-electron chi connectivity index (χ0n) is 6.99. The van der Waals surface area contributed by atoms with E-state index >= 15 is 0 Å². The number of rotatable bonds is 4. The van der Waals surface area contributed by atoms with Gasteiger partial charge in [-0.2, -0.15) is 0 Å². The molecule has 0 unspecified atom stereocenters. The summed E-state index contributed by atoms with van der Waals surface area (Å²) in [6, 6.07) is 1.63. The van der Waals surface area contributed by atoms with Gasteiger partial charge in [0.1, 0.15) is 6.26 Å². The largest absolute Gasteiger partial charge is 0.472 e. The first-order chi connectivity index (χ1) is 5.70. The van der Waals surface area contributed by atoms with Gasteiger partial charge in [0.15, 0.2) is 5.78 Å². The van der Waals surface area contributed by atoms with Gasteiger partial charge in [-0.3, -0.25) is 4.79 Å². The molecule has 1 aromatic heterocycles. The number of ketones is 1. The number of Topliss-reactive ketones (excluding diaryl/α,β-unsaturated/α-hetero) is 1. The van der Waals surface area contributed by atoms with E-state index in [0.717, 1.165) is 0 Å². The molecule has 0 amide bonds. The predicted molar refractivity (Wildman–Crippen MR) is 44.0 cm³/mol. The minimum atomic E-state index is -0.416. The second-order valence-electron chi connectivity index (χ2n) is 2.82. The second-order valence-corrected chi connectivity index (χ2v) is 2.82. The summed E-state index contributed by atoms with van der Waals surface area (Å²) in [4.78, 5) is 11.2. The lowest BCUT2D eigenvalue weighted by Crippen LogP contribution is -2.04. The third-order valence-electron chi connectivity index (χ3n) is 1.63.